The van der Waals surface area contributed by atoms with Crippen LogP contribution in [0, 0.1) is 0 Å². The molecule has 4 nitrogen and oxygen atoms in total. The van der Waals surface area contributed by atoms with Gasteiger partial charge in [-0.2, -0.15) is 0 Å². The van der Waals surface area contributed by atoms with Crippen LogP contribution in [-0.2, 0) is 4.57 Å². The fourth-order valence-corrected chi connectivity index (χ4v) is 0. The number of rotatable bonds is 0. The second kappa shape index (κ2) is 10.8. The smallest absolute Gasteiger partial charge is 0.303 e. The minimum Gasteiger partial charge on any atom is -0.303 e. The van der Waals surface area contributed by atoms with E-state index in [2.05, 4.69) is 0 Å². The van der Waals surface area contributed by atoms with Gasteiger partial charge in [-0.25, -0.2) is 4.57 Å². The average Bonchev–Trinajstić information content (AvgIpc) is 0.722. The van der Waals surface area contributed by atoms with Crippen LogP contribution in [0.2, 0.25) is 0 Å². The zero-order valence-electron chi connectivity index (χ0n) is 4.61. The molecule has 0 saturated carbocycles. The summed E-state index contributed by atoms with van der Waals surface area (Å²) in [5.41, 5.74) is 0. The van der Waals surface area contributed by atoms with Gasteiger partial charge < -0.3 is 14.7 Å². The fraction of sp³-hybridized carbons (Fsp3) is 0. The van der Waals surface area contributed by atoms with Crippen molar-refractivity contribution in [1.29, 1.82) is 0 Å². The molecule has 0 aliphatic heterocycles. The van der Waals surface area contributed by atoms with Gasteiger partial charge in [0.1, 0.15) is 0 Å². The molecular formula is H3CaKMgO4P+5. The summed E-state index contributed by atoms with van der Waals surface area (Å²) in [7, 11) is -4.64. The van der Waals surface area contributed by atoms with Gasteiger partial charge in [-0.05, 0) is 0 Å². The minimum atomic E-state index is -4.64. The van der Waals surface area contributed by atoms with E-state index in [1.807, 2.05) is 0 Å². The maximum absolute atomic E-state index is 8.88. The summed E-state index contributed by atoms with van der Waals surface area (Å²) in [6.45, 7) is 0. The molecule has 8 heavy (non-hydrogen) atoms. The summed E-state index contributed by atoms with van der Waals surface area (Å²) >= 11 is 0. The Hall–Kier alpha value is 3.77. The largest absolute Gasteiger partial charge is 2.00 e. The Morgan fingerprint density at radius 2 is 1.12 bits per heavy atom. The first-order valence-electron chi connectivity index (χ1n) is 0.783. The molecule has 0 aliphatic rings. The molecule has 0 heterocycles. The molecule has 3 N–H and O–H groups in total. The molecule has 0 unspecified atom stereocenters. The van der Waals surface area contributed by atoms with Crippen LogP contribution in [0.1, 0.15) is 0 Å². The molecular weight excluding hydrogens is 198 g/mol. The van der Waals surface area contributed by atoms with Crippen LogP contribution < -0.4 is 51.4 Å². The van der Waals surface area contributed by atoms with Crippen LogP contribution in [0.5, 0.6) is 0 Å². The summed E-state index contributed by atoms with van der Waals surface area (Å²) < 4.78 is 8.88. The van der Waals surface area contributed by atoms with E-state index in [-0.39, 0.29) is 112 Å². The Balaban J connectivity index is -0.0000000267. The standard InChI is InChI=1S/Ca.K.Mg.H3O4P/c;;;1-5(2,3)4/h;;;(H3,1,2,3,4)/q+2;+1;+2;. The van der Waals surface area contributed by atoms with Gasteiger partial charge in [0.2, 0.25) is 0 Å². The maximum Gasteiger partial charge on any atom is 2.00 e. The van der Waals surface area contributed by atoms with Gasteiger partial charge in [-0.3, -0.25) is 0 Å². The quantitative estimate of drug-likeness (QED) is 0.272. The molecule has 0 amide bonds. The predicted octanol–water partition coefficient (Wildman–Crippen LogP) is -4.69. The van der Waals surface area contributed by atoms with Gasteiger partial charge in [0.25, 0.3) is 0 Å². The van der Waals surface area contributed by atoms with E-state index in [9.17, 15) is 0 Å². The Kier molecular flexibility index (Phi) is 30.5. The molecule has 0 bridgehead atoms. The van der Waals surface area contributed by atoms with Gasteiger partial charge in [0.05, 0.1) is 0 Å². The second-order valence-electron chi connectivity index (χ2n) is 0.513. The van der Waals surface area contributed by atoms with Crippen LogP contribution in [0.15, 0.2) is 0 Å². The zero-order valence-corrected chi connectivity index (χ0v) is 12.3. The van der Waals surface area contributed by atoms with Gasteiger partial charge in [-0.1, -0.05) is 0 Å². The van der Waals surface area contributed by atoms with E-state index < -0.39 is 7.82 Å². The summed E-state index contributed by atoms with van der Waals surface area (Å²) in [5, 5.41) is 0. The third-order valence-corrected chi connectivity index (χ3v) is 0. The molecule has 0 radical (unpaired) electrons. The first-order chi connectivity index (χ1) is 2.00. The molecule has 0 rings (SSSR count). The van der Waals surface area contributed by atoms with Crippen molar-refractivity contribution >= 4 is 68.6 Å². The molecule has 0 atom stereocenters. The molecule has 32 valence electrons. The van der Waals surface area contributed by atoms with Crippen molar-refractivity contribution in [1.82, 2.24) is 0 Å². The summed E-state index contributed by atoms with van der Waals surface area (Å²) in [6, 6.07) is 0. The molecule has 8 heteroatoms. The Labute approximate surface area is 136 Å². The van der Waals surface area contributed by atoms with Crippen LogP contribution in [0.3, 0.4) is 0 Å². The molecule has 0 saturated heterocycles. The second-order valence-corrected chi connectivity index (χ2v) is 1.54. The molecule has 0 aromatic heterocycles. The minimum absolute atomic E-state index is 0. The van der Waals surface area contributed by atoms with Gasteiger partial charge in [0, 0.05) is 0 Å². The Morgan fingerprint density at radius 3 is 1.12 bits per heavy atom. The van der Waals surface area contributed by atoms with Crippen LogP contribution in [0.4, 0.5) is 0 Å². The maximum atomic E-state index is 8.88. The third-order valence-electron chi connectivity index (χ3n) is 0. The van der Waals surface area contributed by atoms with E-state index in [0.717, 1.165) is 0 Å². The van der Waals surface area contributed by atoms with Crippen LogP contribution in [0.25, 0.3) is 0 Å². The van der Waals surface area contributed by atoms with Crippen LogP contribution in [-0.4, -0.2) is 75.5 Å². The van der Waals surface area contributed by atoms with Crippen molar-refractivity contribution in [3.05, 3.63) is 0 Å². The monoisotopic (exact) mass is 201 g/mol. The Bertz CT molecular complexity index is 62.2. The van der Waals surface area contributed by atoms with E-state index in [1.54, 1.807) is 0 Å². The third kappa shape index (κ3) is 52.8. The van der Waals surface area contributed by atoms with Crippen molar-refractivity contribution in [3.8, 4) is 0 Å². The first kappa shape index (κ1) is 22.6. The first-order valence-corrected chi connectivity index (χ1v) is 2.35. The summed E-state index contributed by atoms with van der Waals surface area (Å²) in [4.78, 5) is 21.6. The van der Waals surface area contributed by atoms with E-state index in [0.29, 0.717) is 0 Å². The fourth-order valence-electron chi connectivity index (χ4n) is 0. The predicted molar refractivity (Wildman–Crippen MR) is 25.8 cm³/mol. The van der Waals surface area contributed by atoms with E-state index >= 15 is 0 Å². The Morgan fingerprint density at radius 1 is 1.12 bits per heavy atom. The van der Waals surface area contributed by atoms with Crippen molar-refractivity contribution in [2.24, 2.45) is 0 Å². The summed E-state index contributed by atoms with van der Waals surface area (Å²) in [5.74, 6) is 0. The number of hydrogen-bond acceptors (Lipinski definition) is 1. The number of phosphoric acid groups is 1. The van der Waals surface area contributed by atoms with Gasteiger partial charge in [-0.15, -0.1) is 0 Å². The average molecular weight is 201 g/mol. The number of hydrogen-bond donors (Lipinski definition) is 3. The molecule has 0 aromatic carbocycles. The normalized spacial score (nSPS) is 7.38. The zero-order chi connectivity index (χ0) is 4.50. The summed E-state index contributed by atoms with van der Waals surface area (Å²) in [6.07, 6.45) is 0. The SMILES string of the molecule is O=P(O)(O)O.[Ca+2].[K+].[Mg+2]. The van der Waals surface area contributed by atoms with Crippen LogP contribution >= 0.6 is 7.82 Å². The van der Waals surface area contributed by atoms with Gasteiger partial charge in [0.15, 0.2) is 0 Å². The topological polar surface area (TPSA) is 77.8 Å². The van der Waals surface area contributed by atoms with Gasteiger partial charge >= 0.3 is 120 Å². The van der Waals surface area contributed by atoms with Crippen molar-refractivity contribution in [2.45, 2.75) is 0 Å². The van der Waals surface area contributed by atoms with Crippen molar-refractivity contribution in [3.63, 3.8) is 0 Å². The molecule has 0 fully saturated rings. The molecule has 0 aliphatic carbocycles. The van der Waals surface area contributed by atoms with Crippen molar-refractivity contribution < 1.29 is 70.6 Å². The molecule has 0 spiro atoms. The molecule has 0 aromatic rings. The van der Waals surface area contributed by atoms with Crippen molar-refractivity contribution in [2.75, 3.05) is 0 Å². The van der Waals surface area contributed by atoms with E-state index in [4.69, 9.17) is 19.2 Å². The van der Waals surface area contributed by atoms with E-state index in [1.165, 1.54) is 0 Å².